The molecule has 1 saturated heterocycles. The number of hydrogen-bond acceptors (Lipinski definition) is 5. The summed E-state index contributed by atoms with van der Waals surface area (Å²) in [5.74, 6) is 0.609. The average Bonchev–Trinajstić information content (AvgIpc) is 3.03. The van der Waals surface area contributed by atoms with Gasteiger partial charge in [0.05, 0.1) is 17.2 Å². The largest absolute Gasteiger partial charge is 0.295 e. The SMILES string of the molecule is CCCCN(Cc1cnc2c(c1)c(C)nn2C)C1CCS(=O)(=O)C1. The predicted octanol–water partition coefficient (Wildman–Crippen LogP) is 2.07. The first-order chi connectivity index (χ1) is 11.4. The van der Waals surface area contributed by atoms with Crippen LogP contribution in [0.4, 0.5) is 0 Å². The number of rotatable bonds is 6. The number of nitrogens with zero attached hydrogens (tertiary/aromatic N) is 4. The lowest BCUT2D eigenvalue weighted by Crippen LogP contribution is -2.36. The van der Waals surface area contributed by atoms with Crippen molar-refractivity contribution >= 4 is 20.9 Å². The highest BCUT2D eigenvalue weighted by molar-refractivity contribution is 7.91. The van der Waals surface area contributed by atoms with Crippen LogP contribution in [0.15, 0.2) is 12.3 Å². The van der Waals surface area contributed by atoms with E-state index in [1.54, 1.807) is 4.68 Å². The fourth-order valence-electron chi connectivity index (χ4n) is 3.49. The van der Waals surface area contributed by atoms with E-state index < -0.39 is 9.84 Å². The van der Waals surface area contributed by atoms with E-state index >= 15 is 0 Å². The van der Waals surface area contributed by atoms with Crippen molar-refractivity contribution in [2.45, 2.75) is 45.7 Å². The molecule has 132 valence electrons. The molecule has 0 radical (unpaired) electrons. The van der Waals surface area contributed by atoms with Gasteiger partial charge in [-0.25, -0.2) is 13.4 Å². The Morgan fingerprint density at radius 1 is 1.42 bits per heavy atom. The fourth-order valence-corrected chi connectivity index (χ4v) is 5.25. The molecule has 1 aliphatic heterocycles. The Balaban J connectivity index is 1.83. The number of aromatic nitrogens is 3. The van der Waals surface area contributed by atoms with Gasteiger partial charge in [0.15, 0.2) is 15.5 Å². The van der Waals surface area contributed by atoms with E-state index in [0.29, 0.717) is 5.75 Å². The van der Waals surface area contributed by atoms with E-state index in [4.69, 9.17) is 0 Å². The van der Waals surface area contributed by atoms with E-state index in [0.717, 1.165) is 54.6 Å². The normalized spacial score (nSPS) is 20.2. The van der Waals surface area contributed by atoms with Crippen LogP contribution in [-0.2, 0) is 23.4 Å². The number of sulfone groups is 1. The van der Waals surface area contributed by atoms with Crippen molar-refractivity contribution in [3.8, 4) is 0 Å². The highest BCUT2D eigenvalue weighted by atomic mass is 32.2. The standard InChI is InChI=1S/C17H26N4O2S/c1-4-5-7-21(15-6-8-24(22,23)12-15)11-14-9-16-13(2)19-20(3)17(16)18-10-14/h9-10,15H,4-8,11-12H2,1-3H3. The van der Waals surface area contributed by atoms with E-state index in [9.17, 15) is 8.42 Å². The molecule has 3 heterocycles. The summed E-state index contributed by atoms with van der Waals surface area (Å²) in [5, 5.41) is 5.49. The lowest BCUT2D eigenvalue weighted by molar-refractivity contribution is 0.200. The molecular formula is C17H26N4O2S. The molecule has 0 amide bonds. The number of hydrogen-bond donors (Lipinski definition) is 0. The van der Waals surface area contributed by atoms with Crippen LogP contribution < -0.4 is 0 Å². The van der Waals surface area contributed by atoms with E-state index in [1.807, 2.05) is 20.2 Å². The van der Waals surface area contributed by atoms with Crippen molar-refractivity contribution in [2.24, 2.45) is 7.05 Å². The van der Waals surface area contributed by atoms with Crippen molar-refractivity contribution in [3.63, 3.8) is 0 Å². The zero-order valence-corrected chi connectivity index (χ0v) is 15.5. The molecule has 2 aromatic rings. The van der Waals surface area contributed by atoms with Crippen LogP contribution in [0, 0.1) is 6.92 Å². The van der Waals surface area contributed by atoms with Gasteiger partial charge in [0.25, 0.3) is 0 Å². The third-order valence-corrected chi connectivity index (χ3v) is 6.58. The van der Waals surface area contributed by atoms with Gasteiger partial charge in [0.1, 0.15) is 0 Å². The second-order valence-electron chi connectivity index (χ2n) is 6.80. The molecule has 1 fully saturated rings. The fraction of sp³-hybridized carbons (Fsp3) is 0.647. The summed E-state index contributed by atoms with van der Waals surface area (Å²) >= 11 is 0. The maximum Gasteiger partial charge on any atom is 0.157 e. The molecule has 3 rings (SSSR count). The van der Waals surface area contributed by atoms with Crippen molar-refractivity contribution in [1.29, 1.82) is 0 Å². The van der Waals surface area contributed by atoms with Crippen LogP contribution in [0.1, 0.15) is 37.4 Å². The quantitative estimate of drug-likeness (QED) is 0.798. The number of fused-ring (bicyclic) bond motifs is 1. The van der Waals surface area contributed by atoms with Crippen LogP contribution in [0.25, 0.3) is 11.0 Å². The molecule has 2 aromatic heterocycles. The topological polar surface area (TPSA) is 68.1 Å². The summed E-state index contributed by atoms with van der Waals surface area (Å²) in [4.78, 5) is 6.87. The molecule has 1 aliphatic rings. The third-order valence-electron chi connectivity index (χ3n) is 4.83. The van der Waals surface area contributed by atoms with E-state index in [2.05, 4.69) is 28.0 Å². The molecular weight excluding hydrogens is 324 g/mol. The van der Waals surface area contributed by atoms with Crippen LogP contribution in [0.2, 0.25) is 0 Å². The maximum absolute atomic E-state index is 11.8. The maximum atomic E-state index is 11.8. The predicted molar refractivity (Wildman–Crippen MR) is 95.6 cm³/mol. The Hall–Kier alpha value is -1.47. The molecule has 6 nitrogen and oxygen atoms in total. The number of pyridine rings is 1. The third kappa shape index (κ3) is 3.62. The van der Waals surface area contributed by atoms with Crippen molar-refractivity contribution in [3.05, 3.63) is 23.5 Å². The molecule has 0 bridgehead atoms. The summed E-state index contributed by atoms with van der Waals surface area (Å²) in [5.41, 5.74) is 2.99. The van der Waals surface area contributed by atoms with Crippen LogP contribution in [-0.4, -0.2) is 52.2 Å². The van der Waals surface area contributed by atoms with Gasteiger partial charge in [-0.3, -0.25) is 9.58 Å². The number of aryl methyl sites for hydroxylation is 2. The first-order valence-electron chi connectivity index (χ1n) is 8.62. The summed E-state index contributed by atoms with van der Waals surface area (Å²) in [6.07, 6.45) is 4.83. The van der Waals surface area contributed by atoms with Gasteiger partial charge in [-0.1, -0.05) is 13.3 Å². The van der Waals surface area contributed by atoms with Crippen molar-refractivity contribution < 1.29 is 8.42 Å². The smallest absolute Gasteiger partial charge is 0.157 e. The lowest BCUT2D eigenvalue weighted by Gasteiger charge is -2.28. The zero-order valence-electron chi connectivity index (χ0n) is 14.7. The number of unbranched alkanes of at least 4 members (excludes halogenated alkanes) is 1. The zero-order chi connectivity index (χ0) is 17.3. The molecule has 1 atom stereocenters. The van der Waals surface area contributed by atoms with Crippen molar-refractivity contribution in [1.82, 2.24) is 19.7 Å². The molecule has 0 N–H and O–H groups in total. The van der Waals surface area contributed by atoms with Gasteiger partial charge in [-0.05, 0) is 37.9 Å². The Morgan fingerprint density at radius 3 is 2.88 bits per heavy atom. The molecule has 7 heteroatoms. The Morgan fingerprint density at radius 2 is 2.21 bits per heavy atom. The average molecular weight is 350 g/mol. The second-order valence-corrected chi connectivity index (χ2v) is 9.03. The van der Waals surface area contributed by atoms with Gasteiger partial charge >= 0.3 is 0 Å². The first-order valence-corrected chi connectivity index (χ1v) is 10.4. The van der Waals surface area contributed by atoms with Gasteiger partial charge < -0.3 is 0 Å². The van der Waals surface area contributed by atoms with E-state index in [1.165, 1.54) is 0 Å². The Labute approximate surface area is 143 Å². The minimum absolute atomic E-state index is 0.132. The van der Waals surface area contributed by atoms with Crippen LogP contribution in [0.5, 0.6) is 0 Å². The molecule has 0 spiro atoms. The molecule has 24 heavy (non-hydrogen) atoms. The van der Waals surface area contributed by atoms with Gasteiger partial charge in [0, 0.05) is 31.2 Å². The molecule has 0 aliphatic carbocycles. The van der Waals surface area contributed by atoms with Crippen LogP contribution in [0.3, 0.4) is 0 Å². The Bertz CT molecular complexity index is 828. The highest BCUT2D eigenvalue weighted by Crippen LogP contribution is 2.22. The summed E-state index contributed by atoms with van der Waals surface area (Å²) in [7, 11) is -0.965. The minimum Gasteiger partial charge on any atom is -0.295 e. The highest BCUT2D eigenvalue weighted by Gasteiger charge is 2.32. The van der Waals surface area contributed by atoms with Crippen LogP contribution >= 0.6 is 0 Å². The minimum atomic E-state index is -2.87. The van der Waals surface area contributed by atoms with Gasteiger partial charge in [-0.2, -0.15) is 5.10 Å². The summed E-state index contributed by atoms with van der Waals surface area (Å²) in [6.45, 7) is 5.83. The Kier molecular flexibility index (Phi) is 4.92. The van der Waals surface area contributed by atoms with Gasteiger partial charge in [-0.15, -0.1) is 0 Å². The lowest BCUT2D eigenvalue weighted by atomic mass is 10.1. The second kappa shape index (κ2) is 6.80. The molecule has 0 aromatic carbocycles. The van der Waals surface area contributed by atoms with Crippen molar-refractivity contribution in [2.75, 3.05) is 18.1 Å². The van der Waals surface area contributed by atoms with E-state index in [-0.39, 0.29) is 11.8 Å². The first kappa shape index (κ1) is 17.4. The summed E-state index contributed by atoms with van der Waals surface area (Å²) < 4.78 is 25.5. The van der Waals surface area contributed by atoms with Gasteiger partial charge in [0.2, 0.25) is 0 Å². The molecule has 0 saturated carbocycles. The monoisotopic (exact) mass is 350 g/mol. The molecule has 1 unspecified atom stereocenters. The summed E-state index contributed by atoms with van der Waals surface area (Å²) in [6, 6.07) is 2.28.